The monoisotopic (exact) mass is 470 g/mol. The number of pyridine rings is 1. The van der Waals surface area contributed by atoms with Crippen molar-refractivity contribution in [3.8, 4) is 11.3 Å². The number of hydrogen-bond acceptors (Lipinski definition) is 5. The van der Waals surface area contributed by atoms with Crippen LogP contribution in [0, 0.1) is 0 Å². The molecule has 0 spiro atoms. The highest BCUT2D eigenvalue weighted by Crippen LogP contribution is 2.20. The van der Waals surface area contributed by atoms with Crippen molar-refractivity contribution < 1.29 is 0 Å². The van der Waals surface area contributed by atoms with Crippen molar-refractivity contribution >= 4 is 30.0 Å². The van der Waals surface area contributed by atoms with E-state index in [0.29, 0.717) is 11.9 Å². The molecular formula is C25H30N10. The molecule has 35 heavy (non-hydrogen) atoms. The Labute approximate surface area is 204 Å². The lowest BCUT2D eigenvalue weighted by Gasteiger charge is -2.13. The first kappa shape index (κ1) is 22.6. The molecule has 2 aromatic heterocycles. The summed E-state index contributed by atoms with van der Waals surface area (Å²) in [5.41, 5.74) is 16.6. The van der Waals surface area contributed by atoms with E-state index in [1.165, 1.54) is 0 Å². The molecule has 2 fully saturated rings. The van der Waals surface area contributed by atoms with Gasteiger partial charge < -0.3 is 25.7 Å². The van der Waals surface area contributed by atoms with Crippen molar-refractivity contribution in [1.29, 1.82) is 0 Å². The van der Waals surface area contributed by atoms with Gasteiger partial charge in [-0.15, -0.1) is 10.2 Å². The molecule has 0 aliphatic carbocycles. The minimum absolute atomic E-state index is 0.472. The van der Waals surface area contributed by atoms with Crippen molar-refractivity contribution in [3.05, 3.63) is 59.9 Å². The van der Waals surface area contributed by atoms with E-state index >= 15 is 0 Å². The van der Waals surface area contributed by atoms with E-state index in [1.807, 2.05) is 53.2 Å². The van der Waals surface area contributed by atoms with Crippen LogP contribution in [-0.2, 0) is 0 Å². The second-order valence-corrected chi connectivity index (χ2v) is 8.77. The summed E-state index contributed by atoms with van der Waals surface area (Å²) in [6, 6.07) is 12.0. The fourth-order valence-electron chi connectivity index (χ4n) is 4.29. The van der Waals surface area contributed by atoms with Crippen LogP contribution in [-0.4, -0.2) is 69.7 Å². The van der Waals surface area contributed by atoms with E-state index in [2.05, 4.69) is 30.2 Å². The minimum atomic E-state index is 0.472. The van der Waals surface area contributed by atoms with Crippen LogP contribution in [0.2, 0.25) is 0 Å². The zero-order valence-corrected chi connectivity index (χ0v) is 19.7. The van der Waals surface area contributed by atoms with E-state index in [1.54, 1.807) is 12.4 Å². The summed E-state index contributed by atoms with van der Waals surface area (Å²) in [4.78, 5) is 8.84. The first-order valence-corrected chi connectivity index (χ1v) is 12.0. The first-order chi connectivity index (χ1) is 17.2. The van der Waals surface area contributed by atoms with Gasteiger partial charge in [0.2, 0.25) is 11.9 Å². The van der Waals surface area contributed by atoms with Gasteiger partial charge in [-0.1, -0.05) is 24.3 Å². The summed E-state index contributed by atoms with van der Waals surface area (Å²) >= 11 is 0. The number of aromatic nitrogens is 2. The average molecular weight is 471 g/mol. The van der Waals surface area contributed by atoms with E-state index in [9.17, 15) is 0 Å². The van der Waals surface area contributed by atoms with Gasteiger partial charge in [0.05, 0.1) is 18.1 Å². The lowest BCUT2D eigenvalue weighted by Crippen LogP contribution is -2.34. The zero-order chi connectivity index (χ0) is 24.0. The van der Waals surface area contributed by atoms with Gasteiger partial charge in [-0.05, 0) is 43.4 Å². The third kappa shape index (κ3) is 5.48. The van der Waals surface area contributed by atoms with Gasteiger partial charge in [0.25, 0.3) is 0 Å². The maximum Gasteiger partial charge on any atom is 0.216 e. The van der Waals surface area contributed by atoms with E-state index < -0.39 is 0 Å². The summed E-state index contributed by atoms with van der Waals surface area (Å²) < 4.78 is 1.98. The van der Waals surface area contributed by atoms with Gasteiger partial charge in [0.1, 0.15) is 5.65 Å². The highest BCUT2D eigenvalue weighted by atomic mass is 15.4. The number of benzene rings is 1. The van der Waals surface area contributed by atoms with Gasteiger partial charge in [-0.3, -0.25) is 0 Å². The third-order valence-electron chi connectivity index (χ3n) is 6.27. The van der Waals surface area contributed by atoms with Crippen molar-refractivity contribution in [3.63, 3.8) is 0 Å². The van der Waals surface area contributed by atoms with Crippen molar-refractivity contribution in [2.45, 2.75) is 25.7 Å². The Morgan fingerprint density at radius 1 is 0.714 bits per heavy atom. The molecule has 10 nitrogen and oxygen atoms in total. The fraction of sp³-hybridized carbons (Fsp3) is 0.320. The van der Waals surface area contributed by atoms with E-state index in [0.717, 1.165) is 79.9 Å². The maximum atomic E-state index is 6.00. The number of nitrogens with zero attached hydrogens (tertiary/aromatic N) is 8. The van der Waals surface area contributed by atoms with Crippen molar-refractivity contribution in [1.82, 2.24) is 19.2 Å². The van der Waals surface area contributed by atoms with Crippen LogP contribution in [0.5, 0.6) is 0 Å². The maximum absolute atomic E-state index is 6.00. The number of guanidine groups is 2. The van der Waals surface area contributed by atoms with Crippen molar-refractivity contribution in [2.75, 3.05) is 26.2 Å². The van der Waals surface area contributed by atoms with Crippen LogP contribution in [0.15, 0.2) is 69.2 Å². The number of nitrogens with two attached hydrogens (primary N) is 2. The quantitative estimate of drug-likeness (QED) is 0.337. The molecule has 2 saturated heterocycles. The molecule has 4 N–H and O–H groups in total. The molecule has 0 radical (unpaired) electrons. The normalized spacial score (nSPS) is 17.6. The molecule has 0 amide bonds. The van der Waals surface area contributed by atoms with Crippen LogP contribution in [0.1, 0.15) is 36.8 Å². The minimum Gasteiger partial charge on any atom is -0.368 e. The Kier molecular flexibility index (Phi) is 6.69. The Bertz CT molecular complexity index is 1270. The van der Waals surface area contributed by atoms with Gasteiger partial charge in [0.15, 0.2) is 0 Å². The van der Waals surface area contributed by atoms with Crippen LogP contribution in [0.25, 0.3) is 16.9 Å². The third-order valence-corrected chi connectivity index (χ3v) is 6.27. The van der Waals surface area contributed by atoms with E-state index in [-0.39, 0.29) is 0 Å². The van der Waals surface area contributed by atoms with Crippen LogP contribution in [0.4, 0.5) is 0 Å². The molecule has 1 aromatic carbocycles. The second-order valence-electron chi connectivity index (χ2n) is 8.77. The highest BCUT2D eigenvalue weighted by Gasteiger charge is 2.14. The summed E-state index contributed by atoms with van der Waals surface area (Å²) in [5.74, 6) is 0.950. The summed E-state index contributed by atoms with van der Waals surface area (Å²) in [6.07, 6.45) is 12.0. The Morgan fingerprint density at radius 2 is 1.26 bits per heavy atom. The Hall–Kier alpha value is -4.21. The number of rotatable bonds is 5. The fourth-order valence-corrected chi connectivity index (χ4v) is 4.29. The lowest BCUT2D eigenvalue weighted by molar-refractivity contribution is 0.511. The molecule has 0 saturated carbocycles. The smallest absolute Gasteiger partial charge is 0.216 e. The second kappa shape index (κ2) is 10.4. The van der Waals surface area contributed by atoms with Gasteiger partial charge in [0, 0.05) is 49.7 Å². The summed E-state index contributed by atoms with van der Waals surface area (Å²) in [5, 5.41) is 16.5. The Balaban J connectivity index is 1.25. The van der Waals surface area contributed by atoms with E-state index in [4.69, 9.17) is 16.5 Å². The topological polar surface area (TPSA) is 125 Å². The number of likely N-dealkylation sites (tertiary alicyclic amines) is 2. The molecule has 2 aliphatic rings. The number of hydrogen-bond donors (Lipinski definition) is 2. The molecule has 0 bridgehead atoms. The average Bonchev–Trinajstić information content (AvgIpc) is 3.66. The molecular weight excluding hydrogens is 440 g/mol. The molecule has 4 heterocycles. The predicted octanol–water partition coefficient (Wildman–Crippen LogP) is 2.49. The molecule has 3 aromatic rings. The number of imidazole rings is 1. The summed E-state index contributed by atoms with van der Waals surface area (Å²) in [6.45, 7) is 3.80. The molecule has 0 atom stereocenters. The van der Waals surface area contributed by atoms with Crippen molar-refractivity contribution in [2.24, 2.45) is 31.9 Å². The SMILES string of the molecule is N/C(=N/N=C/c1ccc(-c2cn3cc(/C=N/N=C(/N)N4CCCC4)ccc3n2)cc1)N1CCCC1. The van der Waals surface area contributed by atoms with Crippen LogP contribution in [0.3, 0.4) is 0 Å². The lowest BCUT2D eigenvalue weighted by atomic mass is 10.1. The molecule has 0 unspecified atom stereocenters. The molecule has 10 heteroatoms. The predicted molar refractivity (Wildman–Crippen MR) is 141 cm³/mol. The molecule has 5 rings (SSSR count). The van der Waals surface area contributed by atoms with Gasteiger partial charge >= 0.3 is 0 Å². The van der Waals surface area contributed by atoms with Crippen LogP contribution >= 0.6 is 0 Å². The largest absolute Gasteiger partial charge is 0.368 e. The Morgan fingerprint density at radius 3 is 1.86 bits per heavy atom. The highest BCUT2D eigenvalue weighted by molar-refractivity contribution is 5.84. The number of fused-ring (bicyclic) bond motifs is 1. The van der Waals surface area contributed by atoms with Gasteiger partial charge in [-0.25, -0.2) is 4.98 Å². The summed E-state index contributed by atoms with van der Waals surface area (Å²) in [7, 11) is 0. The zero-order valence-electron chi connectivity index (χ0n) is 19.7. The van der Waals surface area contributed by atoms with Gasteiger partial charge in [-0.2, -0.15) is 10.2 Å². The molecule has 2 aliphatic heterocycles. The molecule has 180 valence electrons. The van der Waals surface area contributed by atoms with Crippen LogP contribution < -0.4 is 11.5 Å². The standard InChI is InChI=1S/C25H30N10/c26-24(33-11-1-2-12-33)31-28-15-19-5-8-21(9-6-19)22-18-35-17-20(7-10-23(35)30-22)16-29-32-25(27)34-13-3-4-14-34/h5-10,15-18H,1-4,11-14H2,(H2,26,31)(H2,27,32)/b28-15+,29-16+. The first-order valence-electron chi connectivity index (χ1n) is 12.0.